The van der Waals surface area contributed by atoms with Gasteiger partial charge in [0.1, 0.15) is 0 Å². The lowest BCUT2D eigenvalue weighted by atomic mass is 9.94. The molecule has 1 rings (SSSR count). The zero-order chi connectivity index (χ0) is 12.3. The molecule has 0 unspecified atom stereocenters. The Balaban J connectivity index is 2.84. The molecule has 0 aliphatic heterocycles. The van der Waals surface area contributed by atoms with Crippen molar-refractivity contribution in [2.75, 3.05) is 0 Å². The van der Waals surface area contributed by atoms with Gasteiger partial charge in [-0.25, -0.2) is 0 Å². The van der Waals surface area contributed by atoms with Crippen LogP contribution in [0.1, 0.15) is 17.3 Å². The van der Waals surface area contributed by atoms with Crippen molar-refractivity contribution < 1.29 is 23.1 Å². The Morgan fingerprint density at radius 2 is 1.75 bits per heavy atom. The number of hydrogen-bond donors (Lipinski definition) is 1. The maximum Gasteiger partial charge on any atom is 0.415 e. The van der Waals surface area contributed by atoms with E-state index in [1.807, 2.05) is 0 Å². The minimum absolute atomic E-state index is 0.165. The average molecular weight is 232 g/mol. The van der Waals surface area contributed by atoms with Crippen LogP contribution in [-0.4, -0.2) is 23.2 Å². The van der Waals surface area contributed by atoms with Crippen molar-refractivity contribution in [3.8, 4) is 0 Å². The number of carbonyl (C=O) groups is 1. The van der Waals surface area contributed by atoms with Gasteiger partial charge in [-0.15, -0.1) is 0 Å². The summed E-state index contributed by atoms with van der Waals surface area (Å²) in [6.45, 7) is 1.06. The van der Waals surface area contributed by atoms with Crippen LogP contribution in [0, 0.1) is 5.92 Å². The molecule has 0 bridgehead atoms. The molecule has 0 spiro atoms. The zero-order valence-corrected chi connectivity index (χ0v) is 8.53. The van der Waals surface area contributed by atoms with E-state index in [-0.39, 0.29) is 5.56 Å². The van der Waals surface area contributed by atoms with Gasteiger partial charge in [-0.3, -0.25) is 4.79 Å². The Bertz CT molecular complexity index is 359. The first-order valence-corrected chi connectivity index (χ1v) is 4.68. The number of rotatable bonds is 3. The molecule has 5 heteroatoms. The van der Waals surface area contributed by atoms with Crippen LogP contribution < -0.4 is 0 Å². The van der Waals surface area contributed by atoms with E-state index in [0.29, 0.717) is 0 Å². The molecule has 0 amide bonds. The summed E-state index contributed by atoms with van der Waals surface area (Å²) in [6.07, 6.45) is -7.40. The summed E-state index contributed by atoms with van der Waals surface area (Å²) in [5, 5.41) is 8.94. The predicted octanol–water partition coefficient (Wildman–Crippen LogP) is 2.43. The summed E-state index contributed by atoms with van der Waals surface area (Å²) in [7, 11) is 0. The van der Waals surface area contributed by atoms with Crippen molar-refractivity contribution >= 4 is 5.78 Å². The molecule has 1 aromatic carbocycles. The van der Waals surface area contributed by atoms with Crippen LogP contribution in [0.15, 0.2) is 30.3 Å². The van der Waals surface area contributed by atoms with E-state index in [1.54, 1.807) is 18.2 Å². The Hall–Kier alpha value is -1.36. The van der Waals surface area contributed by atoms with Gasteiger partial charge in [-0.2, -0.15) is 13.2 Å². The summed E-state index contributed by atoms with van der Waals surface area (Å²) < 4.78 is 36.5. The molecule has 0 radical (unpaired) electrons. The number of Topliss-reactive ketones (excluding diaryl/α,β-unsaturated/α-hetero) is 1. The molecule has 1 aromatic rings. The fourth-order valence-electron chi connectivity index (χ4n) is 1.29. The first-order valence-electron chi connectivity index (χ1n) is 4.68. The van der Waals surface area contributed by atoms with Crippen molar-refractivity contribution in [1.29, 1.82) is 0 Å². The van der Waals surface area contributed by atoms with Crippen molar-refractivity contribution in [2.24, 2.45) is 5.92 Å². The molecule has 0 saturated heterocycles. The van der Waals surface area contributed by atoms with Crippen LogP contribution in [-0.2, 0) is 0 Å². The van der Waals surface area contributed by atoms with Gasteiger partial charge >= 0.3 is 6.18 Å². The zero-order valence-electron chi connectivity index (χ0n) is 8.53. The number of ketones is 1. The number of alkyl halides is 3. The number of carbonyl (C=O) groups excluding carboxylic acids is 1. The summed E-state index contributed by atoms with van der Waals surface area (Å²) in [5.74, 6) is -2.21. The molecule has 0 aliphatic rings. The number of aliphatic hydroxyl groups excluding tert-OH is 1. The molecular weight excluding hydrogens is 221 g/mol. The molecule has 0 heterocycles. The van der Waals surface area contributed by atoms with E-state index < -0.39 is 24.0 Å². The molecule has 88 valence electrons. The summed E-state index contributed by atoms with van der Waals surface area (Å²) >= 11 is 0. The maximum absolute atomic E-state index is 12.2. The standard InChI is InChI=1S/C11H11F3O2/c1-7(10(16)11(12,13)14)9(15)8-5-3-2-4-6-8/h2-7,10,16H,1H3/t7-,10+/m1/s1. The number of hydrogen-bond acceptors (Lipinski definition) is 2. The highest BCUT2D eigenvalue weighted by atomic mass is 19.4. The first kappa shape index (κ1) is 12.7. The molecule has 0 aromatic heterocycles. The highest BCUT2D eigenvalue weighted by molar-refractivity contribution is 5.97. The van der Waals surface area contributed by atoms with Crippen molar-refractivity contribution in [3.63, 3.8) is 0 Å². The van der Waals surface area contributed by atoms with Gasteiger partial charge in [0.05, 0.1) is 5.92 Å². The molecule has 2 atom stereocenters. The van der Waals surface area contributed by atoms with E-state index in [1.165, 1.54) is 12.1 Å². The minimum atomic E-state index is -4.77. The van der Waals surface area contributed by atoms with Crippen LogP contribution >= 0.6 is 0 Å². The largest absolute Gasteiger partial charge is 0.415 e. The third kappa shape index (κ3) is 2.82. The molecule has 0 fully saturated rings. The second-order valence-electron chi connectivity index (χ2n) is 3.51. The van der Waals surface area contributed by atoms with Crippen LogP contribution in [0.3, 0.4) is 0 Å². The molecule has 16 heavy (non-hydrogen) atoms. The number of aliphatic hydroxyl groups is 1. The van der Waals surface area contributed by atoms with E-state index in [2.05, 4.69) is 0 Å². The molecule has 0 saturated carbocycles. The smallest absolute Gasteiger partial charge is 0.383 e. The number of halogens is 3. The van der Waals surface area contributed by atoms with Crippen LogP contribution in [0.4, 0.5) is 13.2 Å². The second-order valence-corrected chi connectivity index (χ2v) is 3.51. The van der Waals surface area contributed by atoms with Crippen molar-refractivity contribution in [3.05, 3.63) is 35.9 Å². The van der Waals surface area contributed by atoms with Gasteiger partial charge in [-0.1, -0.05) is 37.3 Å². The van der Waals surface area contributed by atoms with Crippen molar-refractivity contribution in [1.82, 2.24) is 0 Å². The van der Waals surface area contributed by atoms with Gasteiger partial charge in [0, 0.05) is 5.56 Å². The van der Waals surface area contributed by atoms with Crippen LogP contribution in [0.25, 0.3) is 0 Å². The topological polar surface area (TPSA) is 37.3 Å². The lowest BCUT2D eigenvalue weighted by Gasteiger charge is -2.20. The second kappa shape index (κ2) is 4.65. The number of benzene rings is 1. The van der Waals surface area contributed by atoms with E-state index >= 15 is 0 Å². The summed E-state index contributed by atoms with van der Waals surface area (Å²) in [6, 6.07) is 7.60. The van der Waals surface area contributed by atoms with Gasteiger partial charge < -0.3 is 5.11 Å². The SMILES string of the molecule is C[C@H](C(=O)c1ccccc1)[C@H](O)C(F)(F)F. The maximum atomic E-state index is 12.2. The Morgan fingerprint density at radius 1 is 1.25 bits per heavy atom. The monoisotopic (exact) mass is 232 g/mol. The average Bonchev–Trinajstić information content (AvgIpc) is 2.26. The normalized spacial score (nSPS) is 15.6. The lowest BCUT2D eigenvalue weighted by molar-refractivity contribution is -0.212. The first-order chi connectivity index (χ1) is 7.34. The van der Waals surface area contributed by atoms with E-state index in [0.717, 1.165) is 6.92 Å². The van der Waals surface area contributed by atoms with Gasteiger partial charge in [-0.05, 0) is 0 Å². The molecular formula is C11H11F3O2. The Kier molecular flexibility index (Phi) is 3.70. The third-order valence-corrected chi connectivity index (χ3v) is 2.28. The predicted molar refractivity (Wildman–Crippen MR) is 52.0 cm³/mol. The van der Waals surface area contributed by atoms with E-state index in [9.17, 15) is 18.0 Å². The van der Waals surface area contributed by atoms with Gasteiger partial charge in [0.25, 0.3) is 0 Å². The quantitative estimate of drug-likeness (QED) is 0.812. The highest BCUT2D eigenvalue weighted by Crippen LogP contribution is 2.27. The summed E-state index contributed by atoms with van der Waals surface area (Å²) in [4.78, 5) is 11.6. The molecule has 0 aliphatic carbocycles. The minimum Gasteiger partial charge on any atom is -0.383 e. The Labute approximate surface area is 90.7 Å². The highest BCUT2D eigenvalue weighted by Gasteiger charge is 2.44. The van der Waals surface area contributed by atoms with Crippen LogP contribution in [0.2, 0.25) is 0 Å². The van der Waals surface area contributed by atoms with Gasteiger partial charge in [0.2, 0.25) is 0 Å². The summed E-state index contributed by atoms with van der Waals surface area (Å²) in [5.41, 5.74) is 0.165. The molecule has 2 nitrogen and oxygen atoms in total. The fraction of sp³-hybridized carbons (Fsp3) is 0.364. The van der Waals surface area contributed by atoms with Gasteiger partial charge in [0.15, 0.2) is 11.9 Å². The third-order valence-electron chi connectivity index (χ3n) is 2.28. The van der Waals surface area contributed by atoms with Crippen molar-refractivity contribution in [2.45, 2.75) is 19.2 Å². The molecule has 1 N–H and O–H groups in total. The van der Waals surface area contributed by atoms with E-state index in [4.69, 9.17) is 5.11 Å². The fourth-order valence-corrected chi connectivity index (χ4v) is 1.29. The Morgan fingerprint density at radius 3 is 2.19 bits per heavy atom. The lowest BCUT2D eigenvalue weighted by Crippen LogP contribution is -2.38. The van der Waals surface area contributed by atoms with Crippen LogP contribution in [0.5, 0.6) is 0 Å².